The van der Waals surface area contributed by atoms with Crippen molar-refractivity contribution in [3.05, 3.63) is 76.8 Å². The maximum absolute atomic E-state index is 12.8. The third-order valence-electron chi connectivity index (χ3n) is 5.35. The van der Waals surface area contributed by atoms with Gasteiger partial charge in [0.2, 0.25) is 12.3 Å². The highest BCUT2D eigenvalue weighted by Gasteiger charge is 2.16. The second-order valence-corrected chi connectivity index (χ2v) is 10.4. The van der Waals surface area contributed by atoms with Gasteiger partial charge in [-0.2, -0.15) is 0 Å². The number of rotatable bonds is 12. The van der Waals surface area contributed by atoms with Gasteiger partial charge in [-0.3, -0.25) is 9.59 Å². The molecule has 0 aliphatic rings. The molecule has 1 heterocycles. The summed E-state index contributed by atoms with van der Waals surface area (Å²) in [6.45, 7) is 9.20. The number of benzene rings is 2. The van der Waals surface area contributed by atoms with E-state index in [-0.39, 0.29) is 11.9 Å². The van der Waals surface area contributed by atoms with Crippen LogP contribution in [0.5, 0.6) is 0 Å². The number of fused-ring (bicyclic) bond motifs is 1. The number of carbonyl (C=O) groups excluding carboxylic acids is 3. The molecule has 0 fully saturated rings. The first-order valence-electron chi connectivity index (χ1n) is 13.8. The summed E-state index contributed by atoms with van der Waals surface area (Å²) in [4.78, 5) is 36.6. The number of carbonyl (C=O) groups is 3. The second kappa shape index (κ2) is 26.5. The Bertz CT molecular complexity index is 1120. The Labute approximate surface area is 257 Å². The van der Waals surface area contributed by atoms with Gasteiger partial charge in [0.15, 0.2) is 0 Å². The predicted octanol–water partition coefficient (Wildman–Crippen LogP) is 3.61. The Morgan fingerprint density at radius 1 is 1.07 bits per heavy atom. The van der Waals surface area contributed by atoms with Crippen molar-refractivity contribution in [2.75, 3.05) is 48.8 Å². The fraction of sp³-hybridized carbons (Fsp3) is 0.438. The van der Waals surface area contributed by atoms with Gasteiger partial charge in [-0.05, 0) is 77.8 Å². The number of likely N-dealkylation sites (N-methyl/N-ethyl adjacent to an activating group) is 1. The molecule has 0 aliphatic carbocycles. The molecule has 5 N–H and O–H groups in total. The summed E-state index contributed by atoms with van der Waals surface area (Å²) in [5, 5.41) is 9.27. The van der Waals surface area contributed by atoms with Gasteiger partial charge in [0, 0.05) is 32.5 Å². The van der Waals surface area contributed by atoms with Crippen LogP contribution in [0.2, 0.25) is 0 Å². The highest BCUT2D eigenvalue weighted by atomic mass is 32.1. The largest absolute Gasteiger partial charge is 0.362 e. The molecule has 0 saturated heterocycles. The van der Waals surface area contributed by atoms with Crippen molar-refractivity contribution < 1.29 is 14.4 Å². The van der Waals surface area contributed by atoms with Crippen LogP contribution < -0.4 is 21.7 Å². The summed E-state index contributed by atoms with van der Waals surface area (Å²) in [6, 6.07) is 16.8. The van der Waals surface area contributed by atoms with Crippen LogP contribution in [0.25, 0.3) is 10.2 Å². The number of amides is 2. The lowest BCUT2D eigenvalue weighted by atomic mass is 9.99. The van der Waals surface area contributed by atoms with E-state index in [1.165, 1.54) is 22.9 Å². The molecule has 2 aromatic carbocycles. The number of thiazole rings is 1. The van der Waals surface area contributed by atoms with E-state index in [0.29, 0.717) is 19.3 Å². The molecule has 3 rings (SSSR count). The lowest BCUT2D eigenvalue weighted by Crippen LogP contribution is -2.37. The van der Waals surface area contributed by atoms with Crippen LogP contribution in [-0.2, 0) is 33.6 Å². The minimum atomic E-state index is 0.0461. The number of hydrogen-bond acceptors (Lipinski definition) is 8. The number of nitrogens with two attached hydrogens (primary N) is 1. The van der Waals surface area contributed by atoms with Gasteiger partial charge in [-0.15, -0.1) is 11.3 Å². The minimum absolute atomic E-state index is 0.0461. The topological polar surface area (TPSA) is 129 Å². The van der Waals surface area contributed by atoms with Crippen molar-refractivity contribution in [3.8, 4) is 0 Å². The van der Waals surface area contributed by atoms with Crippen molar-refractivity contribution in [3.63, 3.8) is 0 Å². The van der Waals surface area contributed by atoms with Gasteiger partial charge in [0.05, 0.1) is 15.2 Å². The highest BCUT2D eigenvalue weighted by Crippen LogP contribution is 2.24. The molecule has 0 aliphatic heterocycles. The molecule has 3 aromatic rings. The molecule has 1 atom stereocenters. The van der Waals surface area contributed by atoms with Crippen LogP contribution in [0.15, 0.2) is 60.7 Å². The van der Waals surface area contributed by atoms with Crippen LogP contribution >= 0.6 is 11.3 Å². The first-order valence-corrected chi connectivity index (χ1v) is 14.7. The number of aryl methyl sites for hydroxylation is 2. The molecule has 0 radical (unpaired) electrons. The zero-order chi connectivity index (χ0) is 32.3. The maximum atomic E-state index is 12.8. The molecule has 10 heteroatoms. The van der Waals surface area contributed by atoms with Crippen LogP contribution in [0.1, 0.15) is 35.9 Å². The standard InChI is InChI=1S/C26H33N3OS.C2H5NO.C2H7N.CH5N.CH2O/c1-5-20-11-12-23-24(17-20)31-26(28-23)14-13-25(30)27-22(15-19(2)18-29(3)4)16-21-9-7-6-8-10-21;1-3-2-4;1-3-2;2*1-2/h6-12,17,22H,2,5,13-16,18H2,1,3-4H3,(H,27,30);2H,1H3,(H,3,4);3H,1-2H3;2H2,1H3;1H2. The maximum Gasteiger partial charge on any atom is 0.220 e. The zero-order valence-corrected chi connectivity index (χ0v) is 27.4. The Hall–Kier alpha value is -3.44. The quantitative estimate of drug-likeness (QED) is 0.185. The first kappa shape index (κ1) is 40.7. The Balaban J connectivity index is 0. The van der Waals surface area contributed by atoms with Gasteiger partial charge < -0.3 is 31.4 Å². The summed E-state index contributed by atoms with van der Waals surface area (Å²) in [5.74, 6) is 0.0760. The highest BCUT2D eigenvalue weighted by molar-refractivity contribution is 7.18. The van der Waals surface area contributed by atoms with Crippen LogP contribution in [-0.4, -0.2) is 83.9 Å². The van der Waals surface area contributed by atoms with Crippen molar-refractivity contribution in [2.24, 2.45) is 5.73 Å². The fourth-order valence-electron chi connectivity index (χ4n) is 3.80. The van der Waals surface area contributed by atoms with Gasteiger partial charge in [0.25, 0.3) is 0 Å². The Morgan fingerprint density at radius 2 is 1.67 bits per heavy atom. The van der Waals surface area contributed by atoms with E-state index in [0.717, 1.165) is 41.9 Å². The average molecular weight is 601 g/mol. The lowest BCUT2D eigenvalue weighted by Gasteiger charge is -2.21. The molecule has 1 unspecified atom stereocenters. The van der Waals surface area contributed by atoms with E-state index < -0.39 is 0 Å². The smallest absolute Gasteiger partial charge is 0.220 e. The van der Waals surface area contributed by atoms with E-state index >= 15 is 0 Å². The minimum Gasteiger partial charge on any atom is -0.362 e. The van der Waals surface area contributed by atoms with Crippen molar-refractivity contribution in [2.45, 2.75) is 45.1 Å². The summed E-state index contributed by atoms with van der Waals surface area (Å²) in [5.41, 5.74) is 9.20. The number of nitrogens with zero attached hydrogens (tertiary/aromatic N) is 2. The van der Waals surface area contributed by atoms with E-state index in [2.05, 4.69) is 70.4 Å². The molecular formula is C32H52N6O3S. The van der Waals surface area contributed by atoms with E-state index in [1.807, 2.05) is 53.2 Å². The van der Waals surface area contributed by atoms with Crippen LogP contribution in [0, 0.1) is 0 Å². The molecule has 234 valence electrons. The average Bonchev–Trinajstić information content (AvgIpc) is 3.41. The molecule has 0 spiro atoms. The van der Waals surface area contributed by atoms with E-state index in [9.17, 15) is 4.79 Å². The third kappa shape index (κ3) is 18.8. The number of nitrogens with one attached hydrogen (secondary N) is 3. The summed E-state index contributed by atoms with van der Waals surface area (Å²) in [7, 11) is 10.9. The second-order valence-electron chi connectivity index (χ2n) is 9.32. The van der Waals surface area contributed by atoms with Crippen molar-refractivity contribution >= 4 is 40.7 Å². The molecule has 2 amide bonds. The first-order chi connectivity index (χ1) is 20.3. The number of aromatic nitrogens is 1. The lowest BCUT2D eigenvalue weighted by molar-refractivity contribution is -0.121. The van der Waals surface area contributed by atoms with E-state index in [4.69, 9.17) is 14.6 Å². The van der Waals surface area contributed by atoms with Gasteiger partial charge in [-0.1, -0.05) is 55.5 Å². The zero-order valence-electron chi connectivity index (χ0n) is 26.5. The molecule has 42 heavy (non-hydrogen) atoms. The summed E-state index contributed by atoms with van der Waals surface area (Å²) in [6.07, 6.45) is 4.35. The normalized spacial score (nSPS) is 10.2. The van der Waals surface area contributed by atoms with Crippen molar-refractivity contribution in [1.29, 1.82) is 0 Å². The fourth-order valence-corrected chi connectivity index (χ4v) is 4.83. The predicted molar refractivity (Wildman–Crippen MR) is 179 cm³/mol. The molecule has 9 nitrogen and oxygen atoms in total. The Morgan fingerprint density at radius 3 is 2.19 bits per heavy atom. The monoisotopic (exact) mass is 600 g/mol. The molecule has 0 bridgehead atoms. The van der Waals surface area contributed by atoms with E-state index in [1.54, 1.807) is 18.4 Å². The SMILES string of the molecule is C=C(CC(Cc1ccccc1)NC(=O)CCc1nc2ccc(CC)cc2s1)CN(C)C.C=O.CN.CNC.CNC=O. The van der Waals surface area contributed by atoms with Gasteiger partial charge in [0.1, 0.15) is 6.79 Å². The molecular weight excluding hydrogens is 548 g/mol. The summed E-state index contributed by atoms with van der Waals surface area (Å²) >= 11 is 1.70. The molecule has 1 aromatic heterocycles. The number of hydrogen-bond donors (Lipinski definition) is 4. The van der Waals surface area contributed by atoms with Crippen LogP contribution in [0.3, 0.4) is 0 Å². The summed E-state index contributed by atoms with van der Waals surface area (Å²) < 4.78 is 1.21. The third-order valence-corrected chi connectivity index (χ3v) is 6.43. The van der Waals surface area contributed by atoms with Crippen molar-refractivity contribution in [1.82, 2.24) is 25.8 Å². The molecule has 0 saturated carbocycles. The van der Waals surface area contributed by atoms with Crippen LogP contribution in [0.4, 0.5) is 0 Å². The Kier molecular flexibility index (Phi) is 25.6. The van der Waals surface area contributed by atoms with Gasteiger partial charge in [-0.25, -0.2) is 4.98 Å². The van der Waals surface area contributed by atoms with Gasteiger partial charge >= 0.3 is 0 Å².